The molecule has 0 aromatic heterocycles. The second-order valence-corrected chi connectivity index (χ2v) is 4.24. The van der Waals surface area contributed by atoms with Gasteiger partial charge in [0, 0.05) is 5.69 Å². The number of benzene rings is 1. The maximum atomic E-state index is 12.8. The Labute approximate surface area is 106 Å². The highest BCUT2D eigenvalue weighted by molar-refractivity contribution is 6.00. The summed E-state index contributed by atoms with van der Waals surface area (Å²) in [6.07, 6.45) is -3.59. The Morgan fingerprint density at radius 1 is 1.42 bits per heavy atom. The number of nitrogens with two attached hydrogens (primary N) is 1. The fourth-order valence-corrected chi connectivity index (χ4v) is 1.74. The van der Waals surface area contributed by atoms with Crippen LogP contribution in [0.3, 0.4) is 0 Å². The maximum Gasteiger partial charge on any atom is 0.324 e. The summed E-state index contributed by atoms with van der Waals surface area (Å²) in [7, 11) is 0. The minimum atomic E-state index is -4.14. The van der Waals surface area contributed by atoms with Gasteiger partial charge in [-0.3, -0.25) is 4.79 Å². The van der Waals surface area contributed by atoms with Crippen LogP contribution in [0.4, 0.5) is 34.6 Å². The van der Waals surface area contributed by atoms with E-state index in [-0.39, 0.29) is 23.7 Å². The van der Waals surface area contributed by atoms with Crippen LogP contribution in [-0.2, 0) is 11.2 Å². The third kappa shape index (κ3) is 2.72. The van der Waals surface area contributed by atoms with Crippen molar-refractivity contribution in [3.63, 3.8) is 0 Å². The number of fused-ring (bicyclic) bond motifs is 1. The minimum Gasteiger partial charge on any atom is -0.397 e. The monoisotopic (exact) mass is 277 g/mol. The molecule has 0 spiro atoms. The number of carbonyl (C=O) groups is 1. The number of carbonyl (C=O) groups excluding carboxylic acids is 1. The molecule has 1 aromatic rings. The molecule has 0 unspecified atom stereocenters. The summed E-state index contributed by atoms with van der Waals surface area (Å²) >= 11 is 0. The van der Waals surface area contributed by atoms with Crippen molar-refractivity contribution in [3.8, 4) is 0 Å². The lowest BCUT2D eigenvalue weighted by atomic mass is 10.1. The van der Waals surface area contributed by atoms with Crippen molar-refractivity contribution in [2.45, 2.75) is 18.8 Å². The van der Waals surface area contributed by atoms with E-state index in [1.165, 1.54) is 12.1 Å². The number of nitrogen functional groups attached to an aromatic ring is 1. The van der Waals surface area contributed by atoms with Gasteiger partial charge in [-0.05, 0) is 17.7 Å². The van der Waals surface area contributed by atoms with Crippen molar-refractivity contribution in [1.82, 2.24) is 0 Å². The fourth-order valence-electron chi connectivity index (χ4n) is 1.74. The molecule has 0 bridgehead atoms. The number of nitrogens with one attached hydrogen (secondary N) is 2. The van der Waals surface area contributed by atoms with E-state index in [4.69, 9.17) is 5.73 Å². The standard InChI is InChI=1S/C11H11F4N3O/c12-10(13)11(14,15)4-17-8-3-7-5(1-6(8)16)2-9(19)18-7/h1,3,10,17H,2,4,16H2,(H,18,19). The van der Waals surface area contributed by atoms with Crippen molar-refractivity contribution >= 4 is 23.0 Å². The molecule has 0 atom stereocenters. The Balaban J connectivity index is 2.14. The van der Waals surface area contributed by atoms with E-state index in [2.05, 4.69) is 10.6 Å². The first kappa shape index (κ1) is 13.4. The van der Waals surface area contributed by atoms with Gasteiger partial charge in [-0.1, -0.05) is 0 Å². The first-order valence-electron chi connectivity index (χ1n) is 5.41. The third-order valence-corrected chi connectivity index (χ3v) is 2.73. The predicted molar refractivity (Wildman–Crippen MR) is 62.6 cm³/mol. The molecule has 1 aliphatic rings. The van der Waals surface area contributed by atoms with Crippen molar-refractivity contribution < 1.29 is 22.4 Å². The number of rotatable bonds is 4. The number of hydrogen-bond acceptors (Lipinski definition) is 3. The molecule has 0 saturated heterocycles. The molecule has 2 rings (SSSR count). The summed E-state index contributed by atoms with van der Waals surface area (Å²) in [6.45, 7) is -1.23. The Kier molecular flexibility index (Phi) is 3.25. The van der Waals surface area contributed by atoms with Crippen molar-refractivity contribution in [1.29, 1.82) is 0 Å². The molecule has 1 amide bonds. The van der Waals surface area contributed by atoms with Gasteiger partial charge in [0.1, 0.15) is 0 Å². The lowest BCUT2D eigenvalue weighted by Gasteiger charge is -2.18. The Morgan fingerprint density at radius 3 is 2.74 bits per heavy atom. The zero-order valence-electron chi connectivity index (χ0n) is 9.64. The molecule has 104 valence electrons. The minimum absolute atomic E-state index is 0.0845. The lowest BCUT2D eigenvalue weighted by Crippen LogP contribution is -2.35. The van der Waals surface area contributed by atoms with E-state index in [0.717, 1.165) is 0 Å². The molecule has 0 fully saturated rings. The molecule has 0 aliphatic carbocycles. The maximum absolute atomic E-state index is 12.8. The number of amides is 1. The quantitative estimate of drug-likeness (QED) is 0.583. The van der Waals surface area contributed by atoms with Crippen LogP contribution >= 0.6 is 0 Å². The van der Waals surface area contributed by atoms with Crippen molar-refractivity contribution in [2.24, 2.45) is 0 Å². The van der Waals surface area contributed by atoms with Gasteiger partial charge in [0.15, 0.2) is 0 Å². The zero-order chi connectivity index (χ0) is 14.2. The molecule has 1 heterocycles. The summed E-state index contributed by atoms with van der Waals surface area (Å²) < 4.78 is 49.6. The largest absolute Gasteiger partial charge is 0.397 e. The summed E-state index contributed by atoms with van der Waals surface area (Å²) in [5.74, 6) is -4.38. The highest BCUT2D eigenvalue weighted by Crippen LogP contribution is 2.32. The lowest BCUT2D eigenvalue weighted by molar-refractivity contribution is -0.117. The number of alkyl halides is 4. The van der Waals surface area contributed by atoms with E-state index in [0.29, 0.717) is 11.3 Å². The average Bonchev–Trinajstić information content (AvgIpc) is 2.65. The van der Waals surface area contributed by atoms with E-state index < -0.39 is 18.9 Å². The van der Waals surface area contributed by atoms with Crippen LogP contribution in [0.25, 0.3) is 0 Å². The van der Waals surface area contributed by atoms with Crippen LogP contribution in [0.15, 0.2) is 12.1 Å². The first-order chi connectivity index (χ1) is 8.79. The van der Waals surface area contributed by atoms with Gasteiger partial charge in [0.2, 0.25) is 5.91 Å². The number of hydrogen-bond donors (Lipinski definition) is 3. The second kappa shape index (κ2) is 4.60. The smallest absolute Gasteiger partial charge is 0.324 e. The molecule has 1 aromatic carbocycles. The van der Waals surface area contributed by atoms with E-state index in [1.54, 1.807) is 0 Å². The molecule has 19 heavy (non-hydrogen) atoms. The summed E-state index contributed by atoms with van der Waals surface area (Å²) in [5, 5.41) is 4.69. The van der Waals surface area contributed by atoms with E-state index in [9.17, 15) is 22.4 Å². The van der Waals surface area contributed by atoms with Gasteiger partial charge in [-0.2, -0.15) is 8.78 Å². The highest BCUT2D eigenvalue weighted by Gasteiger charge is 2.40. The highest BCUT2D eigenvalue weighted by atomic mass is 19.3. The third-order valence-electron chi connectivity index (χ3n) is 2.73. The molecule has 8 heteroatoms. The van der Waals surface area contributed by atoms with Gasteiger partial charge in [-0.15, -0.1) is 0 Å². The number of halogens is 4. The summed E-state index contributed by atoms with van der Waals surface area (Å²) in [5.41, 5.74) is 6.91. The van der Waals surface area contributed by atoms with Gasteiger partial charge in [-0.25, -0.2) is 8.78 Å². The van der Waals surface area contributed by atoms with E-state index >= 15 is 0 Å². The molecule has 4 N–H and O–H groups in total. The van der Waals surface area contributed by atoms with Crippen LogP contribution in [0.5, 0.6) is 0 Å². The van der Waals surface area contributed by atoms with E-state index in [1.807, 2.05) is 0 Å². The van der Waals surface area contributed by atoms with Crippen molar-refractivity contribution in [3.05, 3.63) is 17.7 Å². The van der Waals surface area contributed by atoms with Crippen molar-refractivity contribution in [2.75, 3.05) is 22.9 Å². The average molecular weight is 277 g/mol. The summed E-state index contributed by atoms with van der Waals surface area (Å²) in [4.78, 5) is 11.1. The van der Waals surface area contributed by atoms with Crippen LogP contribution in [0, 0.1) is 0 Å². The topological polar surface area (TPSA) is 67.2 Å². The number of anilines is 3. The zero-order valence-corrected chi connectivity index (χ0v) is 9.64. The van der Waals surface area contributed by atoms with Crippen LogP contribution < -0.4 is 16.4 Å². The molecule has 1 aliphatic heterocycles. The normalized spacial score (nSPS) is 14.5. The summed E-state index contributed by atoms with van der Waals surface area (Å²) in [6, 6.07) is 2.81. The molecule has 0 saturated carbocycles. The van der Waals surface area contributed by atoms with Gasteiger partial charge in [0.05, 0.1) is 24.3 Å². The molecular weight excluding hydrogens is 266 g/mol. The van der Waals surface area contributed by atoms with Crippen LogP contribution in [0.1, 0.15) is 5.56 Å². The van der Waals surface area contributed by atoms with Gasteiger partial charge >= 0.3 is 12.3 Å². The van der Waals surface area contributed by atoms with Crippen LogP contribution in [-0.4, -0.2) is 24.8 Å². The second-order valence-electron chi connectivity index (χ2n) is 4.24. The Hall–Kier alpha value is -1.99. The SMILES string of the molecule is Nc1cc2c(cc1NCC(F)(F)C(F)F)NC(=O)C2. The van der Waals surface area contributed by atoms with Crippen LogP contribution in [0.2, 0.25) is 0 Å². The molecular formula is C11H11F4N3O. The van der Waals surface area contributed by atoms with Gasteiger partial charge < -0.3 is 16.4 Å². The molecule has 4 nitrogen and oxygen atoms in total. The molecule has 0 radical (unpaired) electrons. The van der Waals surface area contributed by atoms with Gasteiger partial charge in [0.25, 0.3) is 0 Å². The Bertz CT molecular complexity index is 519. The predicted octanol–water partition coefficient (Wildman–Crippen LogP) is 2.08. The Morgan fingerprint density at radius 2 is 2.11 bits per heavy atom. The fraction of sp³-hybridized carbons (Fsp3) is 0.364. The first-order valence-corrected chi connectivity index (χ1v) is 5.41.